The summed E-state index contributed by atoms with van der Waals surface area (Å²) in [5.74, 6) is 0. The third-order valence-electron chi connectivity index (χ3n) is 2.69. The molecule has 0 heterocycles. The molecule has 4 heteroatoms. The van der Waals surface area contributed by atoms with E-state index < -0.39 is 8.80 Å². The Morgan fingerprint density at radius 2 is 1.53 bits per heavy atom. The topological polar surface area (TPSA) is 27.7 Å². The standard InChI is InChI=1S/C11H14O3Si/c1-12-15(13-2,14-3)11-8-9-6-4-5-7-10(9)11/h4-8H,1-3H3. The van der Waals surface area contributed by atoms with Crippen LogP contribution in [0.3, 0.4) is 0 Å². The van der Waals surface area contributed by atoms with Gasteiger partial charge in [0, 0.05) is 26.5 Å². The van der Waals surface area contributed by atoms with E-state index in [1.165, 1.54) is 11.1 Å². The van der Waals surface area contributed by atoms with Crippen LogP contribution >= 0.6 is 0 Å². The van der Waals surface area contributed by atoms with Crippen molar-refractivity contribution < 1.29 is 13.3 Å². The zero-order valence-corrected chi connectivity index (χ0v) is 10.1. The van der Waals surface area contributed by atoms with Crippen molar-refractivity contribution in [2.45, 2.75) is 0 Å². The normalized spacial score (nSPS) is 14.2. The fourth-order valence-corrected chi connectivity index (χ4v) is 3.91. The SMILES string of the molecule is CO[Si](OC)(OC)C1=Cc2ccccc21. The molecule has 1 aromatic carbocycles. The molecule has 1 aliphatic carbocycles. The van der Waals surface area contributed by atoms with Crippen LogP contribution in [0.25, 0.3) is 11.3 Å². The lowest BCUT2D eigenvalue weighted by Crippen LogP contribution is -2.46. The van der Waals surface area contributed by atoms with E-state index in [1.807, 2.05) is 12.1 Å². The Morgan fingerprint density at radius 3 is 2.07 bits per heavy atom. The van der Waals surface area contributed by atoms with Crippen LogP contribution in [0.2, 0.25) is 0 Å². The molecule has 15 heavy (non-hydrogen) atoms. The van der Waals surface area contributed by atoms with Gasteiger partial charge in [-0.2, -0.15) is 0 Å². The summed E-state index contributed by atoms with van der Waals surface area (Å²) in [5, 5.41) is 1.06. The van der Waals surface area contributed by atoms with E-state index in [0.717, 1.165) is 5.20 Å². The molecule has 80 valence electrons. The van der Waals surface area contributed by atoms with Crippen LogP contribution in [-0.4, -0.2) is 30.1 Å². The highest BCUT2D eigenvalue weighted by Crippen LogP contribution is 2.39. The van der Waals surface area contributed by atoms with Crippen LogP contribution < -0.4 is 0 Å². The lowest BCUT2D eigenvalue weighted by molar-refractivity contribution is 0.142. The van der Waals surface area contributed by atoms with Crippen molar-refractivity contribution >= 4 is 20.1 Å². The molecule has 0 aromatic heterocycles. The van der Waals surface area contributed by atoms with Gasteiger partial charge in [-0.05, 0) is 17.2 Å². The molecule has 0 saturated carbocycles. The molecule has 0 fully saturated rings. The van der Waals surface area contributed by atoms with Crippen LogP contribution in [0.5, 0.6) is 0 Å². The molecule has 0 N–H and O–H groups in total. The molecule has 0 amide bonds. The van der Waals surface area contributed by atoms with Gasteiger partial charge in [0.1, 0.15) is 0 Å². The van der Waals surface area contributed by atoms with Gasteiger partial charge in [0.15, 0.2) is 0 Å². The van der Waals surface area contributed by atoms with Gasteiger partial charge in [-0.1, -0.05) is 24.3 Å². The van der Waals surface area contributed by atoms with E-state index in [9.17, 15) is 0 Å². The second kappa shape index (κ2) is 3.90. The minimum atomic E-state index is -2.62. The summed E-state index contributed by atoms with van der Waals surface area (Å²) >= 11 is 0. The summed E-state index contributed by atoms with van der Waals surface area (Å²) in [4.78, 5) is 0. The van der Waals surface area contributed by atoms with Crippen molar-refractivity contribution in [3.05, 3.63) is 35.4 Å². The van der Waals surface area contributed by atoms with Gasteiger partial charge >= 0.3 is 8.80 Å². The lowest BCUT2D eigenvalue weighted by Gasteiger charge is -2.32. The summed E-state index contributed by atoms with van der Waals surface area (Å²) in [6.07, 6.45) is 2.07. The molecule has 0 atom stereocenters. The minimum Gasteiger partial charge on any atom is -0.373 e. The first-order valence-electron chi connectivity index (χ1n) is 4.74. The Kier molecular flexibility index (Phi) is 2.75. The lowest BCUT2D eigenvalue weighted by atomic mass is 9.98. The highest BCUT2D eigenvalue weighted by Gasteiger charge is 2.46. The molecule has 0 spiro atoms. The predicted molar refractivity (Wildman–Crippen MR) is 61.1 cm³/mol. The van der Waals surface area contributed by atoms with E-state index in [2.05, 4.69) is 18.2 Å². The van der Waals surface area contributed by atoms with Gasteiger partial charge in [0.05, 0.1) is 0 Å². The molecular formula is C11H14O3Si. The molecule has 0 bridgehead atoms. The number of rotatable bonds is 4. The fourth-order valence-electron chi connectivity index (χ4n) is 1.86. The maximum absolute atomic E-state index is 5.42. The maximum atomic E-state index is 5.42. The van der Waals surface area contributed by atoms with E-state index in [0.29, 0.717) is 0 Å². The summed E-state index contributed by atoms with van der Waals surface area (Å²) < 4.78 is 16.3. The number of hydrogen-bond donors (Lipinski definition) is 0. The summed E-state index contributed by atoms with van der Waals surface area (Å²) in [7, 11) is 2.25. The van der Waals surface area contributed by atoms with Gasteiger partial charge in [0.25, 0.3) is 0 Å². The highest BCUT2D eigenvalue weighted by molar-refractivity contribution is 6.83. The van der Waals surface area contributed by atoms with E-state index in [4.69, 9.17) is 13.3 Å². The van der Waals surface area contributed by atoms with Crippen molar-refractivity contribution in [1.29, 1.82) is 0 Å². The van der Waals surface area contributed by atoms with E-state index in [-0.39, 0.29) is 0 Å². The molecule has 0 saturated heterocycles. The van der Waals surface area contributed by atoms with Crippen molar-refractivity contribution in [2.24, 2.45) is 0 Å². The molecule has 1 aliphatic rings. The Morgan fingerprint density at radius 1 is 0.933 bits per heavy atom. The second-order valence-corrected chi connectivity index (χ2v) is 6.19. The van der Waals surface area contributed by atoms with Crippen molar-refractivity contribution in [1.82, 2.24) is 0 Å². The largest absolute Gasteiger partial charge is 0.537 e. The van der Waals surface area contributed by atoms with Crippen molar-refractivity contribution in [3.8, 4) is 0 Å². The van der Waals surface area contributed by atoms with Gasteiger partial charge in [-0.3, -0.25) is 0 Å². The third-order valence-corrected chi connectivity index (χ3v) is 5.37. The van der Waals surface area contributed by atoms with Gasteiger partial charge in [-0.15, -0.1) is 0 Å². The fraction of sp³-hybridized carbons (Fsp3) is 0.273. The van der Waals surface area contributed by atoms with Crippen LogP contribution in [0.4, 0.5) is 0 Å². The molecule has 1 aromatic rings. The Balaban J connectivity index is 2.35. The van der Waals surface area contributed by atoms with Gasteiger partial charge < -0.3 is 13.3 Å². The van der Waals surface area contributed by atoms with Crippen LogP contribution in [0.1, 0.15) is 11.1 Å². The highest BCUT2D eigenvalue weighted by atomic mass is 28.4. The summed E-state index contributed by atoms with van der Waals surface area (Å²) in [5.41, 5.74) is 2.39. The zero-order chi connectivity index (χ0) is 10.9. The average molecular weight is 222 g/mol. The number of fused-ring (bicyclic) bond motifs is 1. The number of hydrogen-bond acceptors (Lipinski definition) is 3. The molecule has 2 rings (SSSR count). The monoisotopic (exact) mass is 222 g/mol. The molecule has 0 radical (unpaired) electrons. The average Bonchev–Trinajstić information content (AvgIpc) is 2.27. The van der Waals surface area contributed by atoms with Crippen LogP contribution in [0.15, 0.2) is 24.3 Å². The van der Waals surface area contributed by atoms with Gasteiger partial charge in [0.2, 0.25) is 0 Å². The quantitative estimate of drug-likeness (QED) is 0.729. The molecule has 0 aliphatic heterocycles. The Hall–Kier alpha value is -0.943. The summed E-state index contributed by atoms with van der Waals surface area (Å²) in [6.45, 7) is 0. The summed E-state index contributed by atoms with van der Waals surface area (Å²) in [6, 6.07) is 8.15. The minimum absolute atomic E-state index is 1.06. The first kappa shape index (κ1) is 10.6. The molecular weight excluding hydrogens is 208 g/mol. The number of benzene rings is 1. The first-order valence-corrected chi connectivity index (χ1v) is 6.47. The Bertz CT molecular complexity index is 388. The van der Waals surface area contributed by atoms with E-state index in [1.54, 1.807) is 21.3 Å². The first-order chi connectivity index (χ1) is 7.27. The Labute approximate surface area is 90.7 Å². The smallest absolute Gasteiger partial charge is 0.373 e. The second-order valence-electron chi connectivity index (χ2n) is 3.31. The zero-order valence-electron chi connectivity index (χ0n) is 9.11. The van der Waals surface area contributed by atoms with Crippen molar-refractivity contribution in [2.75, 3.05) is 21.3 Å². The van der Waals surface area contributed by atoms with Crippen LogP contribution in [0, 0.1) is 0 Å². The molecule has 3 nitrogen and oxygen atoms in total. The predicted octanol–water partition coefficient (Wildman–Crippen LogP) is 1.96. The third kappa shape index (κ3) is 1.46. The van der Waals surface area contributed by atoms with Crippen LogP contribution in [-0.2, 0) is 13.3 Å². The molecule has 0 unspecified atom stereocenters. The van der Waals surface area contributed by atoms with Gasteiger partial charge in [-0.25, -0.2) is 0 Å². The maximum Gasteiger partial charge on any atom is 0.537 e. The van der Waals surface area contributed by atoms with Crippen molar-refractivity contribution in [3.63, 3.8) is 0 Å². The van der Waals surface area contributed by atoms with E-state index >= 15 is 0 Å².